The molecule has 80 valence electrons. The highest BCUT2D eigenvalue weighted by Gasteiger charge is 2.23. The molecule has 3 rings (SSSR count). The lowest BCUT2D eigenvalue weighted by atomic mass is 10.1. The average molecular weight is 221 g/mol. The lowest BCUT2D eigenvalue weighted by molar-refractivity contribution is 0.391. The molecule has 0 atom stereocenters. The summed E-state index contributed by atoms with van der Waals surface area (Å²) in [4.78, 5) is 8.21. The van der Waals surface area contributed by atoms with Crippen molar-refractivity contribution in [1.29, 1.82) is 0 Å². The standard InChI is InChI=1S/C11H15N3S/c12-11(13-9-1-2-9)14-5-3-10-8(7-14)4-6-15-10/h4,6,9H,1-3,5,7H2,(H2,12,13). The topological polar surface area (TPSA) is 41.6 Å². The molecule has 0 bridgehead atoms. The molecule has 1 aliphatic carbocycles. The van der Waals surface area contributed by atoms with E-state index in [-0.39, 0.29) is 0 Å². The van der Waals surface area contributed by atoms with Crippen LogP contribution in [0.25, 0.3) is 0 Å². The molecule has 2 aliphatic rings. The minimum Gasteiger partial charge on any atom is -0.370 e. The van der Waals surface area contributed by atoms with Crippen LogP contribution in [0.3, 0.4) is 0 Å². The van der Waals surface area contributed by atoms with Crippen LogP contribution in [0, 0.1) is 0 Å². The zero-order valence-corrected chi connectivity index (χ0v) is 9.46. The number of rotatable bonds is 1. The molecule has 2 heterocycles. The Morgan fingerprint density at radius 3 is 3.20 bits per heavy atom. The number of nitrogens with zero attached hydrogens (tertiary/aromatic N) is 2. The highest BCUT2D eigenvalue weighted by atomic mass is 32.1. The minimum absolute atomic E-state index is 0.522. The second kappa shape index (κ2) is 3.52. The number of guanidine groups is 1. The second-order valence-electron chi connectivity index (χ2n) is 4.26. The number of aliphatic imine (C=N–C) groups is 1. The molecule has 0 radical (unpaired) electrons. The Labute approximate surface area is 93.6 Å². The van der Waals surface area contributed by atoms with Gasteiger partial charge in [0.25, 0.3) is 0 Å². The van der Waals surface area contributed by atoms with Crippen molar-refractivity contribution >= 4 is 17.3 Å². The van der Waals surface area contributed by atoms with Crippen LogP contribution in [0.1, 0.15) is 23.3 Å². The molecule has 1 aromatic rings. The zero-order chi connectivity index (χ0) is 10.3. The van der Waals surface area contributed by atoms with Crippen LogP contribution in [0.2, 0.25) is 0 Å². The van der Waals surface area contributed by atoms with Crippen molar-refractivity contribution < 1.29 is 0 Å². The van der Waals surface area contributed by atoms with Crippen molar-refractivity contribution in [1.82, 2.24) is 4.90 Å². The van der Waals surface area contributed by atoms with Gasteiger partial charge in [-0.15, -0.1) is 11.3 Å². The Balaban J connectivity index is 1.74. The summed E-state index contributed by atoms with van der Waals surface area (Å²) in [6, 6.07) is 2.73. The number of hydrogen-bond donors (Lipinski definition) is 1. The van der Waals surface area contributed by atoms with Gasteiger partial charge in [0, 0.05) is 18.0 Å². The van der Waals surface area contributed by atoms with E-state index in [1.165, 1.54) is 23.3 Å². The zero-order valence-electron chi connectivity index (χ0n) is 8.65. The third-order valence-corrected chi connectivity index (χ3v) is 4.02. The minimum atomic E-state index is 0.522. The van der Waals surface area contributed by atoms with Crippen LogP contribution in [-0.2, 0) is 13.0 Å². The first kappa shape index (κ1) is 9.21. The van der Waals surface area contributed by atoms with E-state index in [0.29, 0.717) is 6.04 Å². The number of thiophene rings is 1. The first-order chi connectivity index (χ1) is 7.33. The third-order valence-electron chi connectivity index (χ3n) is 2.99. The highest BCUT2D eigenvalue weighted by Crippen LogP contribution is 2.26. The monoisotopic (exact) mass is 221 g/mol. The van der Waals surface area contributed by atoms with E-state index in [4.69, 9.17) is 5.73 Å². The fourth-order valence-corrected chi connectivity index (χ4v) is 2.81. The maximum atomic E-state index is 5.99. The fourth-order valence-electron chi connectivity index (χ4n) is 1.92. The van der Waals surface area contributed by atoms with Gasteiger partial charge in [0.1, 0.15) is 0 Å². The van der Waals surface area contributed by atoms with E-state index in [9.17, 15) is 0 Å². The predicted octanol–water partition coefficient (Wildman–Crippen LogP) is 1.58. The molecule has 1 fully saturated rings. The highest BCUT2D eigenvalue weighted by molar-refractivity contribution is 7.10. The van der Waals surface area contributed by atoms with Crippen LogP contribution in [0.4, 0.5) is 0 Å². The summed E-state index contributed by atoms with van der Waals surface area (Å²) < 4.78 is 0. The Morgan fingerprint density at radius 1 is 1.53 bits per heavy atom. The second-order valence-corrected chi connectivity index (χ2v) is 5.26. The largest absolute Gasteiger partial charge is 0.370 e. The van der Waals surface area contributed by atoms with Crippen molar-refractivity contribution in [2.24, 2.45) is 10.7 Å². The van der Waals surface area contributed by atoms with Crippen molar-refractivity contribution in [3.63, 3.8) is 0 Å². The van der Waals surface area contributed by atoms with Crippen LogP contribution >= 0.6 is 11.3 Å². The lowest BCUT2D eigenvalue weighted by Crippen LogP contribution is -2.40. The van der Waals surface area contributed by atoms with Crippen LogP contribution < -0.4 is 5.73 Å². The van der Waals surface area contributed by atoms with Gasteiger partial charge in [-0.25, -0.2) is 4.99 Å². The molecule has 1 aliphatic heterocycles. The molecule has 0 aromatic carbocycles. The van der Waals surface area contributed by atoms with Gasteiger partial charge in [0.05, 0.1) is 6.04 Å². The molecule has 0 spiro atoms. The molecular formula is C11H15N3S. The number of fused-ring (bicyclic) bond motifs is 1. The van der Waals surface area contributed by atoms with Gasteiger partial charge < -0.3 is 10.6 Å². The van der Waals surface area contributed by atoms with E-state index >= 15 is 0 Å². The third kappa shape index (κ3) is 1.86. The van der Waals surface area contributed by atoms with Crippen molar-refractivity contribution in [3.8, 4) is 0 Å². The summed E-state index contributed by atoms with van der Waals surface area (Å²) in [7, 11) is 0. The molecule has 3 nitrogen and oxygen atoms in total. The Kier molecular flexibility index (Phi) is 2.16. The molecule has 0 saturated heterocycles. The molecule has 2 N–H and O–H groups in total. The van der Waals surface area contributed by atoms with E-state index in [1.807, 2.05) is 11.3 Å². The summed E-state index contributed by atoms with van der Waals surface area (Å²) >= 11 is 1.86. The SMILES string of the molecule is NC(=NC1CC1)N1CCc2sccc2C1. The molecular weight excluding hydrogens is 206 g/mol. The van der Waals surface area contributed by atoms with Gasteiger partial charge in [-0.05, 0) is 36.3 Å². The average Bonchev–Trinajstić information content (AvgIpc) is 2.94. The van der Waals surface area contributed by atoms with Crippen LogP contribution in [-0.4, -0.2) is 23.4 Å². The van der Waals surface area contributed by atoms with E-state index in [1.54, 1.807) is 0 Å². The predicted molar refractivity (Wildman–Crippen MR) is 63.1 cm³/mol. The normalized spacial score (nSPS) is 21.6. The molecule has 0 unspecified atom stereocenters. The van der Waals surface area contributed by atoms with E-state index in [0.717, 1.165) is 25.5 Å². The van der Waals surface area contributed by atoms with Crippen molar-refractivity contribution in [2.45, 2.75) is 31.8 Å². The first-order valence-electron chi connectivity index (χ1n) is 5.46. The molecule has 15 heavy (non-hydrogen) atoms. The van der Waals surface area contributed by atoms with Gasteiger partial charge in [0.15, 0.2) is 5.96 Å². The summed E-state index contributed by atoms with van der Waals surface area (Å²) in [6.07, 6.45) is 3.56. The number of nitrogens with two attached hydrogens (primary N) is 1. The molecule has 1 saturated carbocycles. The lowest BCUT2D eigenvalue weighted by Gasteiger charge is -2.27. The molecule has 4 heteroatoms. The van der Waals surface area contributed by atoms with E-state index in [2.05, 4.69) is 21.3 Å². The summed E-state index contributed by atoms with van der Waals surface area (Å²) in [5, 5.41) is 2.17. The molecule has 1 aromatic heterocycles. The summed E-state index contributed by atoms with van der Waals surface area (Å²) in [5.74, 6) is 0.745. The van der Waals surface area contributed by atoms with Crippen LogP contribution in [0.15, 0.2) is 16.4 Å². The van der Waals surface area contributed by atoms with Crippen molar-refractivity contribution in [2.75, 3.05) is 6.54 Å². The van der Waals surface area contributed by atoms with Gasteiger partial charge in [-0.3, -0.25) is 0 Å². The van der Waals surface area contributed by atoms with Gasteiger partial charge in [-0.2, -0.15) is 0 Å². The molecule has 0 amide bonds. The Morgan fingerprint density at radius 2 is 2.40 bits per heavy atom. The van der Waals surface area contributed by atoms with Crippen molar-refractivity contribution in [3.05, 3.63) is 21.9 Å². The van der Waals surface area contributed by atoms with Crippen LogP contribution in [0.5, 0.6) is 0 Å². The smallest absolute Gasteiger partial charge is 0.191 e. The maximum Gasteiger partial charge on any atom is 0.191 e. The van der Waals surface area contributed by atoms with Gasteiger partial charge in [0.2, 0.25) is 0 Å². The maximum absolute atomic E-state index is 5.99. The summed E-state index contributed by atoms with van der Waals surface area (Å²) in [5.41, 5.74) is 7.43. The Hall–Kier alpha value is -1.03. The first-order valence-corrected chi connectivity index (χ1v) is 6.34. The quantitative estimate of drug-likeness (QED) is 0.578. The van der Waals surface area contributed by atoms with Gasteiger partial charge >= 0.3 is 0 Å². The summed E-state index contributed by atoms with van der Waals surface area (Å²) in [6.45, 7) is 1.97. The fraction of sp³-hybridized carbons (Fsp3) is 0.545. The number of hydrogen-bond acceptors (Lipinski definition) is 2. The van der Waals surface area contributed by atoms with E-state index < -0.39 is 0 Å². The Bertz CT molecular complexity index is 392. The van der Waals surface area contributed by atoms with Gasteiger partial charge in [-0.1, -0.05) is 0 Å².